The summed E-state index contributed by atoms with van der Waals surface area (Å²) < 4.78 is 1.95. The largest absolute Gasteiger partial charge is 0.342 e. The smallest absolute Gasteiger partial charge is 0.273 e. The maximum Gasteiger partial charge on any atom is 0.273 e. The summed E-state index contributed by atoms with van der Waals surface area (Å²) in [4.78, 5) is 12.5. The second kappa shape index (κ2) is 6.77. The first kappa shape index (κ1) is 16.3. The van der Waals surface area contributed by atoms with Crippen molar-refractivity contribution in [2.75, 3.05) is 0 Å². The molecule has 0 aliphatic carbocycles. The Bertz CT molecular complexity index is 670. The fourth-order valence-electron chi connectivity index (χ4n) is 2.38. The van der Waals surface area contributed by atoms with Gasteiger partial charge in [0, 0.05) is 11.9 Å². The number of aromatic nitrogens is 2. The predicted octanol–water partition coefficient (Wildman–Crippen LogP) is 3.92. The first-order chi connectivity index (χ1) is 10.5. The van der Waals surface area contributed by atoms with E-state index < -0.39 is 5.54 Å². The minimum atomic E-state index is -0.454. The molecule has 0 unspecified atom stereocenters. The van der Waals surface area contributed by atoms with Crippen LogP contribution in [-0.4, -0.2) is 21.2 Å². The Balaban J connectivity index is 2.33. The van der Waals surface area contributed by atoms with E-state index in [0.717, 1.165) is 23.9 Å². The summed E-state index contributed by atoms with van der Waals surface area (Å²) in [6.45, 7) is 10.6. The first-order valence-corrected chi connectivity index (χ1v) is 7.90. The fraction of sp³-hybridized carbons (Fsp3) is 0.444. The minimum Gasteiger partial charge on any atom is -0.342 e. The van der Waals surface area contributed by atoms with Crippen LogP contribution in [0.4, 0.5) is 0 Å². The van der Waals surface area contributed by atoms with Gasteiger partial charge in [-0.25, -0.2) is 0 Å². The molecule has 1 heterocycles. The molecular formula is C18H25N3O. The zero-order valence-corrected chi connectivity index (χ0v) is 13.7. The molecule has 22 heavy (non-hydrogen) atoms. The molecule has 0 spiro atoms. The third-order valence-electron chi connectivity index (χ3n) is 3.79. The highest BCUT2D eigenvalue weighted by Crippen LogP contribution is 2.20. The number of nitrogens with one attached hydrogen (secondary N) is 1. The van der Waals surface area contributed by atoms with E-state index in [0.29, 0.717) is 5.69 Å². The number of carbonyl (C=O) groups is 1. The maximum atomic E-state index is 12.5. The Kier molecular flexibility index (Phi) is 5.01. The lowest BCUT2D eigenvalue weighted by molar-refractivity contribution is 0.0923. The Hall–Kier alpha value is -2.10. The standard InChI is InChI=1S/C18H25N3O/c1-5-7-10-13-21-15-12-9-8-11-14(15)16(20-21)17(22)19-18(3,4)6-2/h6,8-9,11-12H,2,5,7,10,13H2,1,3-4H3,(H,19,22). The highest BCUT2D eigenvalue weighted by atomic mass is 16.2. The molecule has 0 atom stereocenters. The molecule has 1 aromatic heterocycles. The van der Waals surface area contributed by atoms with E-state index in [1.807, 2.05) is 42.8 Å². The van der Waals surface area contributed by atoms with Crippen LogP contribution in [0.3, 0.4) is 0 Å². The molecule has 2 aromatic rings. The topological polar surface area (TPSA) is 46.9 Å². The molecule has 0 aliphatic heterocycles. The van der Waals surface area contributed by atoms with Crippen LogP contribution in [0.2, 0.25) is 0 Å². The van der Waals surface area contributed by atoms with Gasteiger partial charge in [0.05, 0.1) is 11.1 Å². The van der Waals surface area contributed by atoms with Gasteiger partial charge in [-0.2, -0.15) is 5.10 Å². The first-order valence-electron chi connectivity index (χ1n) is 7.90. The van der Waals surface area contributed by atoms with Crippen LogP contribution in [0.25, 0.3) is 10.9 Å². The summed E-state index contributed by atoms with van der Waals surface area (Å²) in [5, 5.41) is 8.41. The number of hydrogen-bond acceptors (Lipinski definition) is 2. The summed E-state index contributed by atoms with van der Waals surface area (Å²) >= 11 is 0. The third-order valence-corrected chi connectivity index (χ3v) is 3.79. The van der Waals surface area contributed by atoms with Gasteiger partial charge in [-0.1, -0.05) is 44.0 Å². The number of aryl methyl sites for hydroxylation is 1. The zero-order chi connectivity index (χ0) is 16.2. The van der Waals surface area contributed by atoms with Crippen LogP contribution in [0, 0.1) is 0 Å². The maximum absolute atomic E-state index is 12.5. The molecule has 4 heteroatoms. The second-order valence-corrected chi connectivity index (χ2v) is 6.18. The van der Waals surface area contributed by atoms with Crippen LogP contribution >= 0.6 is 0 Å². The lowest BCUT2D eigenvalue weighted by Gasteiger charge is -2.21. The van der Waals surface area contributed by atoms with Gasteiger partial charge < -0.3 is 5.32 Å². The number of benzene rings is 1. The minimum absolute atomic E-state index is 0.157. The Morgan fingerprint density at radius 1 is 1.36 bits per heavy atom. The molecule has 0 fully saturated rings. The third kappa shape index (κ3) is 3.56. The number of rotatable bonds is 7. The van der Waals surface area contributed by atoms with Crippen molar-refractivity contribution in [3.8, 4) is 0 Å². The highest BCUT2D eigenvalue weighted by Gasteiger charge is 2.22. The Morgan fingerprint density at radius 3 is 2.77 bits per heavy atom. The van der Waals surface area contributed by atoms with Crippen molar-refractivity contribution < 1.29 is 4.79 Å². The van der Waals surface area contributed by atoms with E-state index in [2.05, 4.69) is 23.9 Å². The number of para-hydroxylation sites is 1. The molecule has 1 amide bonds. The van der Waals surface area contributed by atoms with Gasteiger partial charge in [-0.3, -0.25) is 9.48 Å². The number of hydrogen-bond donors (Lipinski definition) is 1. The lowest BCUT2D eigenvalue weighted by atomic mass is 10.1. The van der Waals surface area contributed by atoms with Crippen LogP contribution in [0.1, 0.15) is 50.5 Å². The molecule has 0 aliphatic rings. The number of fused-ring (bicyclic) bond motifs is 1. The fourth-order valence-corrected chi connectivity index (χ4v) is 2.38. The monoisotopic (exact) mass is 299 g/mol. The van der Waals surface area contributed by atoms with Crippen molar-refractivity contribution in [3.63, 3.8) is 0 Å². The average molecular weight is 299 g/mol. The number of carbonyl (C=O) groups excluding carboxylic acids is 1. The molecule has 0 bridgehead atoms. The number of amides is 1. The molecule has 1 aromatic carbocycles. The van der Waals surface area contributed by atoms with E-state index in [1.165, 1.54) is 12.8 Å². The molecule has 0 saturated heterocycles. The van der Waals surface area contributed by atoms with Gasteiger partial charge in [0.25, 0.3) is 5.91 Å². The van der Waals surface area contributed by atoms with E-state index in [9.17, 15) is 4.79 Å². The van der Waals surface area contributed by atoms with Crippen LogP contribution in [-0.2, 0) is 6.54 Å². The quantitative estimate of drug-likeness (QED) is 0.622. The van der Waals surface area contributed by atoms with Crippen molar-refractivity contribution >= 4 is 16.8 Å². The average Bonchev–Trinajstić information content (AvgIpc) is 2.86. The van der Waals surface area contributed by atoms with Gasteiger partial charge in [-0.15, -0.1) is 6.58 Å². The normalized spacial score (nSPS) is 11.6. The van der Waals surface area contributed by atoms with Crippen LogP contribution in [0.5, 0.6) is 0 Å². The molecular weight excluding hydrogens is 274 g/mol. The predicted molar refractivity (Wildman–Crippen MR) is 91.0 cm³/mol. The van der Waals surface area contributed by atoms with E-state index in [4.69, 9.17) is 0 Å². The van der Waals surface area contributed by atoms with Crippen molar-refractivity contribution in [1.29, 1.82) is 0 Å². The van der Waals surface area contributed by atoms with Gasteiger partial charge in [-0.05, 0) is 26.3 Å². The van der Waals surface area contributed by atoms with Gasteiger partial charge in [0.2, 0.25) is 0 Å². The number of unbranched alkanes of at least 4 members (excludes halogenated alkanes) is 2. The van der Waals surface area contributed by atoms with Gasteiger partial charge in [0.1, 0.15) is 0 Å². The van der Waals surface area contributed by atoms with Crippen molar-refractivity contribution in [3.05, 3.63) is 42.6 Å². The van der Waals surface area contributed by atoms with E-state index >= 15 is 0 Å². The molecule has 0 saturated carbocycles. The molecule has 2 rings (SSSR count). The summed E-state index contributed by atoms with van der Waals surface area (Å²) in [7, 11) is 0. The van der Waals surface area contributed by atoms with Gasteiger partial charge >= 0.3 is 0 Å². The van der Waals surface area contributed by atoms with E-state index in [-0.39, 0.29) is 5.91 Å². The highest BCUT2D eigenvalue weighted by molar-refractivity contribution is 6.05. The summed E-state index contributed by atoms with van der Waals surface area (Å²) in [6.07, 6.45) is 5.13. The van der Waals surface area contributed by atoms with Crippen LogP contribution in [0.15, 0.2) is 36.9 Å². The van der Waals surface area contributed by atoms with Crippen LogP contribution < -0.4 is 5.32 Å². The molecule has 0 radical (unpaired) electrons. The van der Waals surface area contributed by atoms with Crippen molar-refractivity contribution in [2.24, 2.45) is 0 Å². The zero-order valence-electron chi connectivity index (χ0n) is 13.7. The van der Waals surface area contributed by atoms with Crippen molar-refractivity contribution in [1.82, 2.24) is 15.1 Å². The Morgan fingerprint density at radius 2 is 2.09 bits per heavy atom. The summed E-state index contributed by atoms with van der Waals surface area (Å²) in [5.74, 6) is -0.157. The summed E-state index contributed by atoms with van der Waals surface area (Å²) in [6, 6.07) is 7.89. The SMILES string of the molecule is C=CC(C)(C)NC(=O)c1nn(CCCCC)c2ccccc12. The molecule has 1 N–H and O–H groups in total. The lowest BCUT2D eigenvalue weighted by Crippen LogP contribution is -2.41. The molecule has 118 valence electrons. The second-order valence-electron chi connectivity index (χ2n) is 6.18. The van der Waals surface area contributed by atoms with Gasteiger partial charge in [0.15, 0.2) is 5.69 Å². The summed E-state index contributed by atoms with van der Waals surface area (Å²) in [5.41, 5.74) is 1.05. The number of nitrogens with zero attached hydrogens (tertiary/aromatic N) is 2. The van der Waals surface area contributed by atoms with Crippen molar-refractivity contribution in [2.45, 2.75) is 52.1 Å². The Labute approximate surface area is 132 Å². The van der Waals surface area contributed by atoms with E-state index in [1.54, 1.807) is 6.08 Å². The molecule has 4 nitrogen and oxygen atoms in total.